The first-order chi connectivity index (χ1) is 9.61. The lowest BCUT2D eigenvalue weighted by Gasteiger charge is -2.28. The Hall–Kier alpha value is -2.62. The van der Waals surface area contributed by atoms with Gasteiger partial charge in [0.05, 0.1) is 11.1 Å². The number of rotatable bonds is 0. The molecule has 4 heteroatoms. The number of phenolic OH excluding ortho intramolecular Hbond substituents is 2. The lowest BCUT2D eigenvalue weighted by Crippen LogP contribution is -2.24. The highest BCUT2D eigenvalue weighted by atomic mass is 16.3. The number of phenols is 2. The van der Waals surface area contributed by atoms with Gasteiger partial charge in [-0.1, -0.05) is 24.3 Å². The van der Waals surface area contributed by atoms with Crippen LogP contribution in [0.3, 0.4) is 0 Å². The fraction of sp³-hybridized carbons (Fsp3) is 0.125. The van der Waals surface area contributed by atoms with Crippen molar-refractivity contribution in [2.75, 3.05) is 0 Å². The van der Waals surface area contributed by atoms with Crippen LogP contribution >= 0.6 is 0 Å². The van der Waals surface area contributed by atoms with Crippen LogP contribution in [0.2, 0.25) is 0 Å². The summed E-state index contributed by atoms with van der Waals surface area (Å²) < 4.78 is 0. The van der Waals surface area contributed by atoms with Crippen molar-refractivity contribution in [3.63, 3.8) is 0 Å². The van der Waals surface area contributed by atoms with Crippen LogP contribution in [-0.2, 0) is 12.8 Å². The van der Waals surface area contributed by atoms with Gasteiger partial charge in [-0.05, 0) is 12.8 Å². The van der Waals surface area contributed by atoms with Crippen molar-refractivity contribution in [2.24, 2.45) is 0 Å². The minimum absolute atomic E-state index is 0.0512. The van der Waals surface area contributed by atoms with Crippen molar-refractivity contribution < 1.29 is 19.8 Å². The van der Waals surface area contributed by atoms with Crippen LogP contribution in [0.4, 0.5) is 0 Å². The van der Waals surface area contributed by atoms with Gasteiger partial charge in [0.1, 0.15) is 11.5 Å². The van der Waals surface area contributed by atoms with E-state index in [2.05, 4.69) is 0 Å². The van der Waals surface area contributed by atoms with Gasteiger partial charge in [0.25, 0.3) is 0 Å². The van der Waals surface area contributed by atoms with Crippen molar-refractivity contribution in [1.82, 2.24) is 0 Å². The topological polar surface area (TPSA) is 74.6 Å². The maximum absolute atomic E-state index is 12.5. The molecule has 0 aromatic heterocycles. The Bertz CT molecular complexity index is 750. The molecule has 0 atom stereocenters. The normalized spacial score (nSPS) is 15.2. The maximum Gasteiger partial charge on any atom is 0.198 e. The lowest BCUT2D eigenvalue weighted by molar-refractivity contribution is 0.0973. The molecule has 2 aromatic carbocycles. The fourth-order valence-corrected chi connectivity index (χ4v) is 3.03. The van der Waals surface area contributed by atoms with Gasteiger partial charge in [0.2, 0.25) is 0 Å². The van der Waals surface area contributed by atoms with Crippen LogP contribution < -0.4 is 0 Å². The minimum Gasteiger partial charge on any atom is -0.507 e. The number of aromatic hydroxyl groups is 2. The molecular weight excluding hydrogens is 256 g/mol. The predicted octanol–water partition coefficient (Wildman–Crippen LogP) is 1.97. The highest BCUT2D eigenvalue weighted by Crippen LogP contribution is 2.46. The van der Waals surface area contributed by atoms with E-state index in [1.807, 2.05) is 0 Å². The van der Waals surface area contributed by atoms with Gasteiger partial charge in [-0.25, -0.2) is 0 Å². The second kappa shape index (κ2) is 3.48. The Balaban J connectivity index is 2.13. The van der Waals surface area contributed by atoms with Gasteiger partial charge >= 0.3 is 0 Å². The number of hydrogen-bond acceptors (Lipinski definition) is 4. The average molecular weight is 266 g/mol. The largest absolute Gasteiger partial charge is 0.507 e. The number of carbonyl (C=O) groups excluding carboxylic acids is 2. The Morgan fingerprint density at radius 3 is 1.50 bits per heavy atom. The van der Waals surface area contributed by atoms with Crippen LogP contribution in [0.15, 0.2) is 24.3 Å². The van der Waals surface area contributed by atoms with E-state index in [0.717, 1.165) is 0 Å². The number of ketones is 2. The summed E-state index contributed by atoms with van der Waals surface area (Å²) in [4.78, 5) is 25.0. The Morgan fingerprint density at radius 1 is 0.750 bits per heavy atom. The molecule has 2 aliphatic carbocycles. The molecular formula is C16H10O4. The van der Waals surface area contributed by atoms with E-state index in [1.54, 1.807) is 24.3 Å². The maximum atomic E-state index is 12.5. The smallest absolute Gasteiger partial charge is 0.198 e. The molecule has 0 radical (unpaired) electrons. The number of carbonyl (C=O) groups is 2. The van der Waals surface area contributed by atoms with Crippen LogP contribution in [0, 0.1) is 0 Å². The van der Waals surface area contributed by atoms with Crippen LogP contribution in [0.1, 0.15) is 43.0 Å². The SMILES string of the molecule is O=C1c2ccccc2C(=O)c2c(O)c3c(c(O)c21)CC3. The molecule has 0 bridgehead atoms. The van der Waals surface area contributed by atoms with Gasteiger partial charge in [-0.15, -0.1) is 0 Å². The van der Waals surface area contributed by atoms with Gasteiger partial charge in [-0.3, -0.25) is 9.59 Å². The molecule has 0 fully saturated rings. The highest BCUT2D eigenvalue weighted by Gasteiger charge is 2.39. The number of fused-ring (bicyclic) bond motifs is 3. The van der Waals surface area contributed by atoms with Crippen molar-refractivity contribution in [3.8, 4) is 11.5 Å². The van der Waals surface area contributed by atoms with Crippen LogP contribution in [0.25, 0.3) is 0 Å². The van der Waals surface area contributed by atoms with Crippen molar-refractivity contribution in [2.45, 2.75) is 12.8 Å². The second-order valence-corrected chi connectivity index (χ2v) is 5.11. The van der Waals surface area contributed by atoms with Crippen molar-refractivity contribution in [3.05, 3.63) is 57.6 Å². The zero-order valence-corrected chi connectivity index (χ0v) is 10.4. The van der Waals surface area contributed by atoms with Crippen LogP contribution in [-0.4, -0.2) is 21.8 Å². The molecule has 0 heterocycles. The molecule has 0 amide bonds. The van der Waals surface area contributed by atoms with E-state index in [1.165, 1.54) is 0 Å². The van der Waals surface area contributed by atoms with Crippen LogP contribution in [0.5, 0.6) is 11.5 Å². The summed E-state index contributed by atoms with van der Waals surface area (Å²) in [5.41, 5.74) is 1.62. The molecule has 0 saturated carbocycles. The zero-order chi connectivity index (χ0) is 14.0. The first-order valence-corrected chi connectivity index (χ1v) is 6.39. The molecule has 4 rings (SSSR count). The summed E-state index contributed by atoms with van der Waals surface area (Å²) in [5, 5.41) is 20.5. The third-order valence-electron chi connectivity index (χ3n) is 4.16. The zero-order valence-electron chi connectivity index (χ0n) is 10.4. The van der Waals surface area contributed by atoms with E-state index >= 15 is 0 Å². The predicted molar refractivity (Wildman–Crippen MR) is 70.5 cm³/mol. The molecule has 0 aliphatic heterocycles. The molecule has 2 aliphatic rings. The molecule has 2 N–H and O–H groups in total. The van der Waals surface area contributed by atoms with E-state index in [0.29, 0.717) is 24.0 Å². The van der Waals surface area contributed by atoms with Crippen molar-refractivity contribution >= 4 is 11.6 Å². The summed E-state index contributed by atoms with van der Waals surface area (Å²) in [6.45, 7) is 0. The van der Waals surface area contributed by atoms with Crippen molar-refractivity contribution in [1.29, 1.82) is 0 Å². The Kier molecular flexibility index (Phi) is 1.95. The van der Waals surface area contributed by atoms with Gasteiger partial charge in [-0.2, -0.15) is 0 Å². The molecule has 0 saturated heterocycles. The third-order valence-corrected chi connectivity index (χ3v) is 4.16. The third kappa shape index (κ3) is 1.12. The number of hydrogen-bond donors (Lipinski definition) is 2. The molecule has 0 spiro atoms. The van der Waals surface area contributed by atoms with E-state index in [9.17, 15) is 19.8 Å². The molecule has 98 valence electrons. The molecule has 4 nitrogen and oxygen atoms in total. The van der Waals surface area contributed by atoms with Gasteiger partial charge < -0.3 is 10.2 Å². The fourth-order valence-electron chi connectivity index (χ4n) is 3.03. The summed E-state index contributed by atoms with van der Waals surface area (Å²) >= 11 is 0. The molecule has 20 heavy (non-hydrogen) atoms. The monoisotopic (exact) mass is 266 g/mol. The molecule has 2 aromatic rings. The number of benzene rings is 2. The highest BCUT2D eigenvalue weighted by molar-refractivity contribution is 6.30. The Labute approximate surface area is 114 Å². The first kappa shape index (κ1) is 11.2. The summed E-state index contributed by atoms with van der Waals surface area (Å²) in [6, 6.07) is 6.48. The Morgan fingerprint density at radius 2 is 1.15 bits per heavy atom. The quantitative estimate of drug-likeness (QED) is 0.610. The summed E-state index contributed by atoms with van der Waals surface area (Å²) in [6.07, 6.45) is 1.23. The second-order valence-electron chi connectivity index (χ2n) is 5.11. The molecule has 0 unspecified atom stereocenters. The van der Waals surface area contributed by atoms with E-state index in [-0.39, 0.29) is 33.8 Å². The standard InChI is InChI=1S/C16H10O4/c17-13-7-3-1-2-4-8(7)14(18)12-11(13)15(19)9-5-6-10(9)16(12)20/h1-4,19-20H,5-6H2. The lowest BCUT2D eigenvalue weighted by atomic mass is 9.76. The minimum atomic E-state index is -0.405. The summed E-state index contributed by atoms with van der Waals surface area (Å²) in [5.74, 6) is -1.10. The van der Waals surface area contributed by atoms with Gasteiger partial charge in [0.15, 0.2) is 11.6 Å². The average Bonchev–Trinajstić information content (AvgIpc) is 2.39. The first-order valence-electron chi connectivity index (χ1n) is 6.39. The summed E-state index contributed by atoms with van der Waals surface area (Å²) in [7, 11) is 0. The van der Waals surface area contributed by atoms with E-state index in [4.69, 9.17) is 0 Å². The van der Waals surface area contributed by atoms with E-state index < -0.39 is 11.6 Å². The van der Waals surface area contributed by atoms with Gasteiger partial charge in [0, 0.05) is 22.3 Å².